The van der Waals surface area contributed by atoms with Crippen molar-refractivity contribution in [2.24, 2.45) is 0 Å². The van der Waals surface area contributed by atoms with E-state index in [2.05, 4.69) is 10.6 Å². The number of benzene rings is 4. The summed E-state index contributed by atoms with van der Waals surface area (Å²) in [5.74, 6) is -0.0567. The Hall–Kier alpha value is -4.16. The molecule has 0 unspecified atom stereocenters. The Balaban J connectivity index is 1.38. The zero-order chi connectivity index (χ0) is 23.9. The van der Waals surface area contributed by atoms with Crippen LogP contribution >= 0.6 is 0 Å². The standard InChI is InChI=1S/C28H26N2O4/c31-18-20-9-11-23-17-24(13-12-22(23)15-20)29-27(32)8-4-5-19-10-14-26(30-28(33)34)25(16-19)21-6-2-1-3-7-21/h1-3,6-7,9-17,30-31H,4-5,8,18H2,(H,29,32)(H,33,34). The van der Waals surface area contributed by atoms with E-state index >= 15 is 0 Å². The fourth-order valence-corrected chi connectivity index (χ4v) is 3.98. The molecule has 6 heteroatoms. The van der Waals surface area contributed by atoms with Crippen LogP contribution in [0.25, 0.3) is 21.9 Å². The van der Waals surface area contributed by atoms with E-state index in [4.69, 9.17) is 5.11 Å². The fraction of sp³-hybridized carbons (Fsp3) is 0.143. The summed E-state index contributed by atoms with van der Waals surface area (Å²) in [6.07, 6.45) is 0.628. The molecule has 0 saturated carbocycles. The smallest absolute Gasteiger partial charge is 0.409 e. The van der Waals surface area contributed by atoms with Crippen molar-refractivity contribution in [3.63, 3.8) is 0 Å². The van der Waals surface area contributed by atoms with Gasteiger partial charge in [-0.2, -0.15) is 0 Å². The number of aliphatic hydroxyl groups excluding tert-OH is 1. The number of aryl methyl sites for hydroxylation is 1. The van der Waals surface area contributed by atoms with Crippen LogP contribution in [0.2, 0.25) is 0 Å². The highest BCUT2D eigenvalue weighted by molar-refractivity contribution is 5.94. The normalized spacial score (nSPS) is 10.7. The van der Waals surface area contributed by atoms with Crippen LogP contribution in [0.3, 0.4) is 0 Å². The maximum absolute atomic E-state index is 12.5. The predicted molar refractivity (Wildman–Crippen MR) is 135 cm³/mol. The molecular weight excluding hydrogens is 428 g/mol. The molecule has 0 aliphatic carbocycles. The van der Waals surface area contributed by atoms with Gasteiger partial charge in [-0.1, -0.05) is 54.6 Å². The minimum Gasteiger partial charge on any atom is -0.465 e. The van der Waals surface area contributed by atoms with Gasteiger partial charge in [-0.15, -0.1) is 0 Å². The molecule has 4 aromatic rings. The van der Waals surface area contributed by atoms with E-state index in [1.165, 1.54) is 0 Å². The largest absolute Gasteiger partial charge is 0.465 e. The molecule has 0 aliphatic rings. The first-order chi connectivity index (χ1) is 16.5. The predicted octanol–water partition coefficient (Wildman–Crippen LogP) is 6.05. The Morgan fingerprint density at radius 3 is 2.26 bits per heavy atom. The molecule has 4 rings (SSSR count). The molecule has 4 N–H and O–H groups in total. The van der Waals surface area contributed by atoms with Crippen molar-refractivity contribution in [3.05, 3.63) is 96.1 Å². The molecule has 0 bridgehead atoms. The third-order valence-corrected chi connectivity index (χ3v) is 5.65. The van der Waals surface area contributed by atoms with E-state index in [-0.39, 0.29) is 12.5 Å². The minimum absolute atomic E-state index is 0.0000667. The number of anilines is 2. The maximum atomic E-state index is 12.5. The number of carbonyl (C=O) groups excluding carboxylic acids is 1. The second-order valence-electron chi connectivity index (χ2n) is 8.13. The van der Waals surface area contributed by atoms with E-state index in [9.17, 15) is 14.7 Å². The molecule has 0 heterocycles. The number of rotatable bonds is 8. The average Bonchev–Trinajstić information content (AvgIpc) is 2.84. The minimum atomic E-state index is -1.11. The number of carboxylic acid groups (broad SMARTS) is 1. The van der Waals surface area contributed by atoms with Gasteiger partial charge in [-0.05, 0) is 70.6 Å². The van der Waals surface area contributed by atoms with Gasteiger partial charge in [0.15, 0.2) is 0 Å². The summed E-state index contributed by atoms with van der Waals surface area (Å²) in [5.41, 5.74) is 4.89. The first kappa shape index (κ1) is 23.0. The fourth-order valence-electron chi connectivity index (χ4n) is 3.98. The highest BCUT2D eigenvalue weighted by Crippen LogP contribution is 2.30. The van der Waals surface area contributed by atoms with Crippen LogP contribution < -0.4 is 10.6 Å². The van der Waals surface area contributed by atoms with Crippen LogP contribution in [0, 0.1) is 0 Å². The molecule has 4 aromatic carbocycles. The molecular formula is C28H26N2O4. The molecule has 0 fully saturated rings. The lowest BCUT2D eigenvalue weighted by atomic mass is 9.98. The number of aliphatic hydroxyl groups is 1. The highest BCUT2D eigenvalue weighted by Gasteiger charge is 2.10. The third-order valence-electron chi connectivity index (χ3n) is 5.65. The van der Waals surface area contributed by atoms with Crippen LogP contribution in [0.15, 0.2) is 84.9 Å². The lowest BCUT2D eigenvalue weighted by Crippen LogP contribution is -2.11. The number of nitrogens with one attached hydrogen (secondary N) is 2. The summed E-state index contributed by atoms with van der Waals surface area (Å²) >= 11 is 0. The van der Waals surface area contributed by atoms with Gasteiger partial charge >= 0.3 is 6.09 Å². The second-order valence-corrected chi connectivity index (χ2v) is 8.13. The van der Waals surface area contributed by atoms with Gasteiger partial charge in [0.05, 0.1) is 12.3 Å². The van der Waals surface area contributed by atoms with Crippen molar-refractivity contribution in [3.8, 4) is 11.1 Å². The molecule has 0 saturated heterocycles. The Bertz CT molecular complexity index is 1320. The summed E-state index contributed by atoms with van der Waals surface area (Å²) in [6.45, 7) is 0.0000667. The molecule has 0 spiro atoms. The van der Waals surface area contributed by atoms with Crippen molar-refractivity contribution >= 4 is 34.1 Å². The van der Waals surface area contributed by atoms with Gasteiger partial charge in [0.1, 0.15) is 0 Å². The molecule has 0 aliphatic heterocycles. The number of amides is 2. The second kappa shape index (κ2) is 10.6. The monoisotopic (exact) mass is 454 g/mol. The molecule has 172 valence electrons. The van der Waals surface area contributed by atoms with E-state index in [0.717, 1.165) is 38.7 Å². The lowest BCUT2D eigenvalue weighted by molar-refractivity contribution is -0.116. The van der Waals surface area contributed by atoms with Crippen LogP contribution in [-0.2, 0) is 17.8 Å². The van der Waals surface area contributed by atoms with Crippen molar-refractivity contribution in [1.29, 1.82) is 0 Å². The Kier molecular flexibility index (Phi) is 7.20. The van der Waals surface area contributed by atoms with Crippen molar-refractivity contribution in [1.82, 2.24) is 0 Å². The van der Waals surface area contributed by atoms with E-state index in [1.807, 2.05) is 78.9 Å². The highest BCUT2D eigenvalue weighted by atomic mass is 16.4. The number of hydrogen-bond donors (Lipinski definition) is 4. The molecule has 2 amide bonds. The number of hydrogen-bond acceptors (Lipinski definition) is 3. The third kappa shape index (κ3) is 5.79. The first-order valence-electron chi connectivity index (χ1n) is 11.1. The molecule has 0 radical (unpaired) electrons. The number of fused-ring (bicyclic) bond motifs is 1. The topological polar surface area (TPSA) is 98.7 Å². The molecule has 34 heavy (non-hydrogen) atoms. The van der Waals surface area contributed by atoms with Gasteiger partial charge in [0, 0.05) is 17.7 Å². The zero-order valence-electron chi connectivity index (χ0n) is 18.6. The lowest BCUT2D eigenvalue weighted by Gasteiger charge is -2.12. The summed E-state index contributed by atoms with van der Waals surface area (Å²) in [7, 11) is 0. The first-order valence-corrected chi connectivity index (χ1v) is 11.1. The van der Waals surface area contributed by atoms with Gasteiger partial charge in [0.25, 0.3) is 0 Å². The Morgan fingerprint density at radius 2 is 1.50 bits per heavy atom. The quantitative estimate of drug-likeness (QED) is 0.260. The summed E-state index contributed by atoms with van der Waals surface area (Å²) in [5, 5.41) is 25.8. The van der Waals surface area contributed by atoms with Crippen molar-refractivity contribution in [2.45, 2.75) is 25.9 Å². The van der Waals surface area contributed by atoms with Crippen LogP contribution in [0.5, 0.6) is 0 Å². The molecule has 6 nitrogen and oxygen atoms in total. The van der Waals surface area contributed by atoms with Crippen molar-refractivity contribution in [2.75, 3.05) is 10.6 Å². The molecule has 0 atom stereocenters. The zero-order valence-corrected chi connectivity index (χ0v) is 18.6. The SMILES string of the molecule is O=C(O)Nc1ccc(CCCC(=O)Nc2ccc3cc(CO)ccc3c2)cc1-c1ccccc1. The van der Waals surface area contributed by atoms with Crippen LogP contribution in [-0.4, -0.2) is 22.2 Å². The maximum Gasteiger partial charge on any atom is 0.409 e. The van der Waals surface area contributed by atoms with Gasteiger partial charge in [0.2, 0.25) is 5.91 Å². The Labute approximate surface area is 197 Å². The summed E-state index contributed by atoms with van der Waals surface area (Å²) in [6, 6.07) is 26.7. The van der Waals surface area contributed by atoms with Crippen LogP contribution in [0.4, 0.5) is 16.2 Å². The summed E-state index contributed by atoms with van der Waals surface area (Å²) in [4.78, 5) is 23.7. The van der Waals surface area contributed by atoms with E-state index < -0.39 is 6.09 Å². The number of carbonyl (C=O) groups is 2. The van der Waals surface area contributed by atoms with Crippen LogP contribution in [0.1, 0.15) is 24.0 Å². The van der Waals surface area contributed by atoms with E-state index in [0.29, 0.717) is 24.9 Å². The average molecular weight is 455 g/mol. The summed E-state index contributed by atoms with van der Waals surface area (Å²) < 4.78 is 0. The molecule has 0 aromatic heterocycles. The Morgan fingerprint density at radius 1 is 0.765 bits per heavy atom. The van der Waals surface area contributed by atoms with Gasteiger partial charge in [-0.3, -0.25) is 10.1 Å². The van der Waals surface area contributed by atoms with Crippen molar-refractivity contribution < 1.29 is 19.8 Å². The van der Waals surface area contributed by atoms with Gasteiger partial charge < -0.3 is 15.5 Å². The van der Waals surface area contributed by atoms with E-state index in [1.54, 1.807) is 6.07 Å². The van der Waals surface area contributed by atoms with Gasteiger partial charge in [-0.25, -0.2) is 4.79 Å².